The van der Waals surface area contributed by atoms with E-state index in [-0.39, 0.29) is 24.9 Å². The van der Waals surface area contributed by atoms with Crippen molar-refractivity contribution in [1.82, 2.24) is 9.55 Å². The van der Waals surface area contributed by atoms with Gasteiger partial charge in [0, 0.05) is 11.8 Å². The van der Waals surface area contributed by atoms with Gasteiger partial charge >= 0.3 is 13.3 Å². The molecule has 2 N–H and O–H groups in total. The molecule has 1 aliphatic rings. The number of aliphatic hydroxyl groups excluding tert-OH is 1. The highest BCUT2D eigenvalue weighted by Gasteiger charge is 2.48. The summed E-state index contributed by atoms with van der Waals surface area (Å²) >= 11 is 0. The van der Waals surface area contributed by atoms with Crippen LogP contribution in [0.1, 0.15) is 32.6 Å². The number of aryl methyl sites for hydroxylation is 1. The average Bonchev–Trinajstić information content (AvgIpc) is 2.94. The van der Waals surface area contributed by atoms with Gasteiger partial charge in [-0.2, -0.15) is 0 Å². The van der Waals surface area contributed by atoms with Gasteiger partial charge in [0.25, 0.3) is 5.56 Å². The Bertz CT molecular complexity index is 840. The Morgan fingerprint density at radius 3 is 2.50 bits per heavy atom. The molecule has 28 heavy (non-hydrogen) atoms. The molecule has 10 nitrogen and oxygen atoms in total. The summed E-state index contributed by atoms with van der Waals surface area (Å²) in [6.45, 7) is 7.00. The Kier molecular flexibility index (Phi) is 7.52. The first-order chi connectivity index (χ1) is 13.2. The molecular formula is C17H27N2O8P. The molecule has 158 valence electrons. The van der Waals surface area contributed by atoms with Gasteiger partial charge in [0.2, 0.25) is 0 Å². The molecule has 2 heterocycles. The van der Waals surface area contributed by atoms with Gasteiger partial charge in [-0.25, -0.2) is 4.79 Å². The van der Waals surface area contributed by atoms with Crippen LogP contribution >= 0.6 is 7.60 Å². The Morgan fingerprint density at radius 2 is 1.96 bits per heavy atom. The second-order valence-electron chi connectivity index (χ2n) is 6.78. The number of rotatable bonds is 9. The van der Waals surface area contributed by atoms with Gasteiger partial charge in [0.05, 0.1) is 37.5 Å². The van der Waals surface area contributed by atoms with E-state index in [1.807, 2.05) is 0 Å². The maximum atomic E-state index is 12.8. The molecule has 1 fully saturated rings. The van der Waals surface area contributed by atoms with E-state index in [0.717, 1.165) is 4.57 Å². The summed E-state index contributed by atoms with van der Waals surface area (Å²) in [5, 5.41) is 10.6. The van der Waals surface area contributed by atoms with Gasteiger partial charge in [-0.15, -0.1) is 0 Å². The fraction of sp³-hybridized carbons (Fsp3) is 0.706. The molecule has 11 heteroatoms. The van der Waals surface area contributed by atoms with Crippen LogP contribution in [0.15, 0.2) is 15.8 Å². The molecule has 1 aromatic heterocycles. The number of nitrogens with zero attached hydrogens (tertiary/aromatic N) is 1. The van der Waals surface area contributed by atoms with E-state index >= 15 is 0 Å². The highest BCUT2D eigenvalue weighted by molar-refractivity contribution is 7.53. The highest BCUT2D eigenvalue weighted by atomic mass is 31.2. The summed E-state index contributed by atoms with van der Waals surface area (Å²) in [4.78, 5) is 37.5. The van der Waals surface area contributed by atoms with Gasteiger partial charge in [-0.3, -0.25) is 18.9 Å². The summed E-state index contributed by atoms with van der Waals surface area (Å²) < 4.78 is 30.2. The van der Waals surface area contributed by atoms with Crippen LogP contribution < -0.4 is 11.2 Å². The van der Waals surface area contributed by atoms with E-state index in [1.54, 1.807) is 20.8 Å². The molecule has 0 spiro atoms. The molecule has 0 aliphatic carbocycles. The third kappa shape index (κ3) is 4.69. The maximum Gasteiger partial charge on any atom is 0.331 e. The fourth-order valence-corrected chi connectivity index (χ4v) is 5.34. The SMILES string of the molecule is CCOP(=O)(C[C@H](C)[C@H]1O[C@@H](n2cc(C)c(=O)[nH]c2=O)[C@H](C=O)[C@@H]1O)OCC. The zero-order valence-corrected chi connectivity index (χ0v) is 17.3. The third-order valence-electron chi connectivity index (χ3n) is 4.66. The van der Waals surface area contributed by atoms with E-state index < -0.39 is 49.1 Å². The molecule has 0 radical (unpaired) electrons. The number of carbonyl (C=O) groups is 1. The maximum absolute atomic E-state index is 12.8. The number of nitrogens with one attached hydrogen (secondary N) is 1. The molecule has 0 saturated carbocycles. The number of aromatic nitrogens is 2. The highest BCUT2D eigenvalue weighted by Crippen LogP contribution is 2.51. The van der Waals surface area contributed by atoms with Crippen LogP contribution in [0.4, 0.5) is 0 Å². The first kappa shape index (κ1) is 22.7. The molecular weight excluding hydrogens is 391 g/mol. The second-order valence-corrected chi connectivity index (χ2v) is 8.88. The quantitative estimate of drug-likeness (QED) is 0.444. The lowest BCUT2D eigenvalue weighted by molar-refractivity contribution is -0.116. The molecule has 5 atom stereocenters. The second kappa shape index (κ2) is 9.28. The van der Waals surface area contributed by atoms with Crippen LogP contribution in [0.3, 0.4) is 0 Å². The van der Waals surface area contributed by atoms with E-state index in [4.69, 9.17) is 13.8 Å². The van der Waals surface area contributed by atoms with Gasteiger partial charge in [-0.05, 0) is 26.7 Å². The number of hydrogen-bond donors (Lipinski definition) is 2. The smallest absolute Gasteiger partial charge is 0.331 e. The molecule has 0 amide bonds. The van der Waals surface area contributed by atoms with Crippen LogP contribution in [0.5, 0.6) is 0 Å². The van der Waals surface area contributed by atoms with Gasteiger partial charge < -0.3 is 23.7 Å². The first-order valence-corrected chi connectivity index (χ1v) is 10.9. The fourth-order valence-electron chi connectivity index (χ4n) is 3.36. The first-order valence-electron chi connectivity index (χ1n) is 9.16. The molecule has 0 unspecified atom stereocenters. The summed E-state index contributed by atoms with van der Waals surface area (Å²) in [5.41, 5.74) is -1.03. The third-order valence-corrected chi connectivity index (χ3v) is 6.98. The van der Waals surface area contributed by atoms with Crippen molar-refractivity contribution in [2.24, 2.45) is 11.8 Å². The molecule has 0 bridgehead atoms. The van der Waals surface area contributed by atoms with Crippen molar-refractivity contribution in [3.63, 3.8) is 0 Å². The monoisotopic (exact) mass is 418 g/mol. The van der Waals surface area contributed by atoms with Crippen molar-refractivity contribution in [3.8, 4) is 0 Å². The van der Waals surface area contributed by atoms with Crippen molar-refractivity contribution in [2.45, 2.75) is 46.1 Å². The van der Waals surface area contributed by atoms with E-state index in [9.17, 15) is 24.1 Å². The minimum atomic E-state index is -3.39. The van der Waals surface area contributed by atoms with Crippen LogP contribution in [0.2, 0.25) is 0 Å². The van der Waals surface area contributed by atoms with Gasteiger partial charge in [-0.1, -0.05) is 6.92 Å². The van der Waals surface area contributed by atoms with Crippen LogP contribution in [-0.2, 0) is 23.1 Å². The summed E-state index contributed by atoms with van der Waals surface area (Å²) in [6, 6.07) is 0. The zero-order valence-electron chi connectivity index (χ0n) is 16.4. The van der Waals surface area contributed by atoms with E-state index in [2.05, 4.69) is 4.98 Å². The Balaban J connectivity index is 2.30. The normalized spacial score (nSPS) is 26.3. The van der Waals surface area contributed by atoms with Crippen LogP contribution in [0, 0.1) is 18.8 Å². The number of H-pyrrole nitrogens is 1. The van der Waals surface area contributed by atoms with Gasteiger partial charge in [0.15, 0.2) is 6.23 Å². The van der Waals surface area contributed by atoms with Crippen molar-refractivity contribution >= 4 is 13.9 Å². The predicted octanol–water partition coefficient (Wildman–Crippen LogP) is 0.821. The van der Waals surface area contributed by atoms with Crippen molar-refractivity contribution in [2.75, 3.05) is 19.4 Å². The molecule has 1 aromatic rings. The van der Waals surface area contributed by atoms with E-state index in [0.29, 0.717) is 6.29 Å². The molecule has 2 rings (SSSR count). The van der Waals surface area contributed by atoms with Crippen molar-refractivity contribution < 1.29 is 28.3 Å². The van der Waals surface area contributed by atoms with Crippen molar-refractivity contribution in [1.29, 1.82) is 0 Å². The molecule has 0 aromatic carbocycles. The van der Waals surface area contributed by atoms with Gasteiger partial charge in [0.1, 0.15) is 6.29 Å². The number of carbonyl (C=O) groups excluding carboxylic acids is 1. The summed E-state index contributed by atoms with van der Waals surface area (Å²) in [5.74, 6) is -1.53. The molecule has 1 aliphatic heterocycles. The number of hydrogen-bond acceptors (Lipinski definition) is 8. The zero-order chi connectivity index (χ0) is 21.1. The Morgan fingerprint density at radius 1 is 1.36 bits per heavy atom. The molecule has 1 saturated heterocycles. The number of aliphatic hydroxyl groups is 1. The predicted molar refractivity (Wildman–Crippen MR) is 100 cm³/mol. The number of aromatic amines is 1. The standard InChI is InChI=1S/C17H27N2O8P/c1-5-25-28(24,26-6-2)9-11(4)14-13(21)12(8-20)16(27-14)19-7-10(3)15(22)18-17(19)23/h7-8,11-14,16,21H,5-6,9H2,1-4H3,(H,18,22,23)/t11-,12+,13-,14+,16+/m0/s1. The average molecular weight is 418 g/mol. The topological polar surface area (TPSA) is 137 Å². The van der Waals surface area contributed by atoms with E-state index in [1.165, 1.54) is 13.1 Å². The summed E-state index contributed by atoms with van der Waals surface area (Å²) in [6.07, 6.45) is -1.43. The minimum Gasteiger partial charge on any atom is -0.389 e. The Hall–Kier alpha value is -1.58. The van der Waals surface area contributed by atoms with Crippen molar-refractivity contribution in [3.05, 3.63) is 32.6 Å². The van der Waals surface area contributed by atoms with Crippen LogP contribution in [0.25, 0.3) is 0 Å². The number of ether oxygens (including phenoxy) is 1. The lowest BCUT2D eigenvalue weighted by Gasteiger charge is -2.26. The lowest BCUT2D eigenvalue weighted by Crippen LogP contribution is -2.36. The Labute approximate surface area is 162 Å². The lowest BCUT2D eigenvalue weighted by atomic mass is 9.95. The largest absolute Gasteiger partial charge is 0.389 e. The number of aldehydes is 1. The van der Waals surface area contributed by atoms with Crippen LogP contribution in [-0.4, -0.2) is 52.5 Å². The minimum absolute atomic E-state index is 0.0196. The summed E-state index contributed by atoms with van der Waals surface area (Å²) in [7, 11) is -3.39.